The minimum Gasteiger partial charge on any atom is -0.368 e. The normalized spacial score (nSPS) is 15.4. The van der Waals surface area contributed by atoms with Crippen molar-refractivity contribution >= 4 is 34.9 Å². The van der Waals surface area contributed by atoms with Crippen molar-refractivity contribution in [3.63, 3.8) is 0 Å². The maximum atomic E-state index is 12.8. The number of hydrogen-bond donors (Lipinski definition) is 1. The first-order valence-corrected chi connectivity index (χ1v) is 11.5. The molecule has 0 unspecified atom stereocenters. The van der Waals surface area contributed by atoms with Gasteiger partial charge in [-0.15, -0.1) is 0 Å². The van der Waals surface area contributed by atoms with Crippen LogP contribution in [0.3, 0.4) is 0 Å². The van der Waals surface area contributed by atoms with Gasteiger partial charge in [-0.05, 0) is 47.5 Å². The predicted octanol–water partition coefficient (Wildman–Crippen LogP) is 4.85. The van der Waals surface area contributed by atoms with Crippen LogP contribution in [0.4, 0.5) is 16.2 Å². The third-order valence-corrected chi connectivity index (χ3v) is 6.61. The van der Waals surface area contributed by atoms with Gasteiger partial charge in [-0.1, -0.05) is 48.0 Å². The van der Waals surface area contributed by atoms with Crippen molar-refractivity contribution < 1.29 is 9.59 Å². The molecule has 33 heavy (non-hydrogen) atoms. The van der Waals surface area contributed by atoms with Gasteiger partial charge in [0.2, 0.25) is 0 Å². The van der Waals surface area contributed by atoms with Crippen LogP contribution in [0.15, 0.2) is 72.8 Å². The Kier molecular flexibility index (Phi) is 5.92. The molecular formula is C26H25ClN4O2. The van der Waals surface area contributed by atoms with Crippen LogP contribution in [0.5, 0.6) is 0 Å². The molecule has 5 rings (SSSR count). The quantitative estimate of drug-likeness (QED) is 0.607. The third-order valence-electron chi connectivity index (χ3n) is 6.28. The Bertz CT molecular complexity index is 1150. The van der Waals surface area contributed by atoms with Gasteiger partial charge >= 0.3 is 6.03 Å². The molecule has 168 valence electrons. The van der Waals surface area contributed by atoms with E-state index in [1.165, 1.54) is 11.1 Å². The van der Waals surface area contributed by atoms with Crippen LogP contribution in [0.1, 0.15) is 21.5 Å². The molecule has 2 aliphatic heterocycles. The van der Waals surface area contributed by atoms with Crippen LogP contribution in [-0.4, -0.2) is 47.9 Å². The van der Waals surface area contributed by atoms with Gasteiger partial charge in [0.05, 0.1) is 10.6 Å². The molecule has 0 aromatic heterocycles. The average Bonchev–Trinajstić information content (AvgIpc) is 3.29. The number of piperazine rings is 1. The summed E-state index contributed by atoms with van der Waals surface area (Å²) in [5.41, 5.74) is 4.80. The van der Waals surface area contributed by atoms with Crippen molar-refractivity contribution in [2.75, 3.05) is 36.4 Å². The number of urea groups is 1. The van der Waals surface area contributed by atoms with E-state index >= 15 is 0 Å². The average molecular weight is 461 g/mol. The highest BCUT2D eigenvalue weighted by Crippen LogP contribution is 2.25. The Labute approximate surface area is 198 Å². The smallest absolute Gasteiger partial charge is 0.322 e. The molecular weight excluding hydrogens is 436 g/mol. The summed E-state index contributed by atoms with van der Waals surface area (Å²) in [6.45, 7) is 4.03. The number of nitrogens with one attached hydrogen (secondary N) is 1. The van der Waals surface area contributed by atoms with Gasteiger partial charge in [0.25, 0.3) is 5.91 Å². The zero-order valence-electron chi connectivity index (χ0n) is 18.2. The topological polar surface area (TPSA) is 55.9 Å². The van der Waals surface area contributed by atoms with Gasteiger partial charge < -0.3 is 20.0 Å². The number of halogens is 1. The standard InChI is InChI=1S/C26H25ClN4O2/c27-24-8-4-3-7-23(24)25(32)30-15-13-29(14-16-30)22-11-9-21(10-12-22)28-26(33)31-17-19-5-1-2-6-20(19)18-31/h1-12H,13-18H2,(H,28,33). The van der Waals surface area contributed by atoms with Gasteiger partial charge in [0.15, 0.2) is 0 Å². The Hall–Kier alpha value is -3.51. The Balaban J connectivity index is 1.15. The fraction of sp³-hybridized carbons (Fsp3) is 0.231. The number of fused-ring (bicyclic) bond motifs is 1. The van der Waals surface area contributed by atoms with Crippen LogP contribution in [-0.2, 0) is 13.1 Å². The summed E-state index contributed by atoms with van der Waals surface area (Å²) in [6.07, 6.45) is 0. The number of anilines is 2. The van der Waals surface area contributed by atoms with Crippen LogP contribution in [0.2, 0.25) is 5.02 Å². The maximum absolute atomic E-state index is 12.8. The molecule has 0 aliphatic carbocycles. The molecule has 3 aromatic rings. The predicted molar refractivity (Wildman–Crippen MR) is 131 cm³/mol. The van der Waals surface area contributed by atoms with E-state index in [1.54, 1.807) is 12.1 Å². The van der Waals surface area contributed by atoms with E-state index in [0.29, 0.717) is 36.8 Å². The Morgan fingerprint density at radius 1 is 0.727 bits per heavy atom. The zero-order valence-corrected chi connectivity index (χ0v) is 19.0. The largest absolute Gasteiger partial charge is 0.368 e. The maximum Gasteiger partial charge on any atom is 0.322 e. The minimum absolute atomic E-state index is 0.0256. The minimum atomic E-state index is -0.0920. The summed E-state index contributed by atoms with van der Waals surface area (Å²) in [5.74, 6) is -0.0256. The van der Waals surface area contributed by atoms with E-state index in [-0.39, 0.29) is 11.9 Å². The molecule has 0 saturated carbocycles. The molecule has 0 atom stereocenters. The van der Waals surface area contributed by atoms with Crippen molar-refractivity contribution in [2.45, 2.75) is 13.1 Å². The second kappa shape index (κ2) is 9.16. The van der Waals surface area contributed by atoms with Crippen molar-refractivity contribution in [3.05, 3.63) is 94.5 Å². The lowest BCUT2D eigenvalue weighted by Crippen LogP contribution is -2.48. The van der Waals surface area contributed by atoms with Crippen LogP contribution >= 0.6 is 11.6 Å². The second-order valence-electron chi connectivity index (χ2n) is 8.36. The van der Waals surface area contributed by atoms with E-state index in [0.717, 1.165) is 24.5 Å². The highest BCUT2D eigenvalue weighted by Gasteiger charge is 2.25. The molecule has 1 fully saturated rings. The number of hydrogen-bond acceptors (Lipinski definition) is 3. The summed E-state index contributed by atoms with van der Waals surface area (Å²) in [4.78, 5) is 31.3. The number of benzene rings is 3. The molecule has 1 N–H and O–H groups in total. The number of amides is 3. The molecule has 0 bridgehead atoms. The zero-order chi connectivity index (χ0) is 22.8. The van der Waals surface area contributed by atoms with Gasteiger partial charge in [0.1, 0.15) is 0 Å². The van der Waals surface area contributed by atoms with E-state index in [9.17, 15) is 9.59 Å². The second-order valence-corrected chi connectivity index (χ2v) is 8.77. The molecule has 7 heteroatoms. The first-order valence-electron chi connectivity index (χ1n) is 11.1. The van der Waals surface area contributed by atoms with Gasteiger partial charge in [0, 0.05) is 50.6 Å². The summed E-state index contributed by atoms with van der Waals surface area (Å²) in [7, 11) is 0. The highest BCUT2D eigenvalue weighted by atomic mass is 35.5. The molecule has 0 spiro atoms. The molecule has 6 nitrogen and oxygen atoms in total. The van der Waals surface area contributed by atoms with E-state index in [4.69, 9.17) is 11.6 Å². The summed E-state index contributed by atoms with van der Waals surface area (Å²) >= 11 is 6.19. The summed E-state index contributed by atoms with van der Waals surface area (Å²) < 4.78 is 0. The monoisotopic (exact) mass is 460 g/mol. The van der Waals surface area contributed by atoms with Gasteiger partial charge in [-0.2, -0.15) is 0 Å². The van der Waals surface area contributed by atoms with E-state index in [1.807, 2.05) is 58.3 Å². The van der Waals surface area contributed by atoms with Crippen molar-refractivity contribution in [3.8, 4) is 0 Å². The molecule has 1 saturated heterocycles. The van der Waals surface area contributed by atoms with Crippen molar-refractivity contribution in [2.24, 2.45) is 0 Å². The highest BCUT2D eigenvalue weighted by molar-refractivity contribution is 6.33. The lowest BCUT2D eigenvalue weighted by Gasteiger charge is -2.36. The lowest BCUT2D eigenvalue weighted by molar-refractivity contribution is 0.0747. The number of nitrogens with zero attached hydrogens (tertiary/aromatic N) is 3. The Morgan fingerprint density at radius 2 is 1.33 bits per heavy atom. The van der Waals surface area contributed by atoms with E-state index < -0.39 is 0 Å². The van der Waals surface area contributed by atoms with Crippen LogP contribution in [0, 0.1) is 0 Å². The summed E-state index contributed by atoms with van der Waals surface area (Å²) in [5, 5.41) is 3.48. The first-order chi connectivity index (χ1) is 16.1. The number of rotatable bonds is 3. The van der Waals surface area contributed by atoms with Crippen molar-refractivity contribution in [1.82, 2.24) is 9.80 Å². The van der Waals surface area contributed by atoms with E-state index in [2.05, 4.69) is 22.3 Å². The first kappa shape index (κ1) is 21.3. The van der Waals surface area contributed by atoms with Crippen LogP contribution < -0.4 is 10.2 Å². The molecule has 2 aliphatic rings. The Morgan fingerprint density at radius 3 is 1.97 bits per heavy atom. The summed E-state index contributed by atoms with van der Waals surface area (Å²) in [6, 6.07) is 23.1. The fourth-order valence-electron chi connectivity index (χ4n) is 4.41. The van der Waals surface area contributed by atoms with Gasteiger partial charge in [-0.3, -0.25) is 4.79 Å². The molecule has 3 aromatic carbocycles. The third kappa shape index (κ3) is 4.52. The lowest BCUT2D eigenvalue weighted by atomic mass is 10.1. The number of carbonyl (C=O) groups excluding carboxylic acids is 2. The van der Waals surface area contributed by atoms with Crippen molar-refractivity contribution in [1.29, 1.82) is 0 Å². The molecule has 2 heterocycles. The molecule has 3 amide bonds. The van der Waals surface area contributed by atoms with Gasteiger partial charge in [-0.25, -0.2) is 4.79 Å². The number of carbonyl (C=O) groups is 2. The fourth-order valence-corrected chi connectivity index (χ4v) is 4.62. The van der Waals surface area contributed by atoms with Crippen LogP contribution in [0.25, 0.3) is 0 Å². The SMILES string of the molecule is O=C(Nc1ccc(N2CCN(C(=O)c3ccccc3Cl)CC2)cc1)N1Cc2ccccc2C1. The molecule has 0 radical (unpaired) electrons.